The number of unbranched alkanes of at least 4 members (excludes halogenated alkanes) is 1. The van der Waals surface area contributed by atoms with Gasteiger partial charge in [-0.1, -0.05) is 6.07 Å². The number of rotatable bonds is 39. The zero-order valence-corrected chi connectivity index (χ0v) is 56.1. The lowest BCUT2D eigenvalue weighted by Gasteiger charge is -2.31. The molecule has 1 aliphatic heterocycles. The van der Waals surface area contributed by atoms with E-state index in [1.165, 1.54) is 32.2 Å². The number of nitrogens with zero attached hydrogens (tertiary/aromatic N) is 6. The van der Waals surface area contributed by atoms with Crippen molar-refractivity contribution in [3.05, 3.63) is 81.4 Å². The normalized spacial score (nSPS) is 14.1. The lowest BCUT2D eigenvalue weighted by Crippen LogP contribution is -2.51. The third kappa shape index (κ3) is 31.9. The summed E-state index contributed by atoms with van der Waals surface area (Å²) in [6.07, 6.45) is 8.66. The van der Waals surface area contributed by atoms with Crippen molar-refractivity contribution in [1.82, 2.24) is 60.1 Å². The van der Waals surface area contributed by atoms with Gasteiger partial charge in [-0.3, -0.25) is 43.4 Å². The number of benzene rings is 2. The van der Waals surface area contributed by atoms with Gasteiger partial charge in [0.15, 0.2) is 5.95 Å². The fourth-order valence-corrected chi connectivity index (χ4v) is 11.5. The molecule has 532 valence electrons. The van der Waals surface area contributed by atoms with Crippen LogP contribution in [0.1, 0.15) is 72.0 Å². The standard InChI is InChI=1S/C60H94N14O15S.2CO2/c1-43-35-46(36-44(2)56(43)90(84,85)69-50(59(82)83)39-66-57(80)48-40-72(5)51-37-45(13-14-47(51)55(48)79)38-67-60-64-18-19-65-60)89-30-8-12-52(75)62-16-9-28-86-31-33-88-34-32-87-29-10-17-63-58(81)49(11-6-7-15-61)68-53(76)41-73-24-22-70(3)20-21-71(4)23-25-74(27-26-73)42-54(77)78;2*2-1-3/h13-14,18-19,35-37,40,49-50,69H,6-12,15-17,20-34,38-39,41-42,61H2,1-5H3,(H,62,75)(H,63,81)(H,66,80)(H,68,76)(H,77,78)(H,82,83)(H2,64,65,67);;/t49-,50?;;/m1../s1. The third-order valence-corrected chi connectivity index (χ3v) is 16.6. The van der Waals surface area contributed by atoms with E-state index in [1.807, 2.05) is 23.9 Å². The van der Waals surface area contributed by atoms with Gasteiger partial charge in [-0.15, -0.1) is 0 Å². The number of amides is 4. The number of fused-ring (bicyclic) bond motifs is 1. The molecule has 33 nitrogen and oxygen atoms in total. The Labute approximate surface area is 557 Å². The van der Waals surface area contributed by atoms with E-state index in [-0.39, 0.29) is 83.1 Å². The molecule has 1 fully saturated rings. The van der Waals surface area contributed by atoms with Crippen LogP contribution < -0.4 is 47.2 Å². The molecular weight excluding hydrogens is 1280 g/mol. The molecule has 0 radical (unpaired) electrons. The van der Waals surface area contributed by atoms with E-state index in [2.05, 4.69) is 51.1 Å². The first-order valence-corrected chi connectivity index (χ1v) is 32.9. The highest BCUT2D eigenvalue weighted by Crippen LogP contribution is 2.26. The summed E-state index contributed by atoms with van der Waals surface area (Å²) in [5.74, 6) is -3.11. The number of carboxylic acid groups (broad SMARTS) is 2. The van der Waals surface area contributed by atoms with Gasteiger partial charge in [-0.05, 0) is 114 Å². The molecule has 34 heteroatoms. The number of sulfonamides is 1. The van der Waals surface area contributed by atoms with Crippen LogP contribution in [0.5, 0.6) is 5.75 Å². The predicted octanol–water partition coefficient (Wildman–Crippen LogP) is -1.11. The molecule has 96 heavy (non-hydrogen) atoms. The van der Waals surface area contributed by atoms with Crippen LogP contribution in [-0.2, 0) is 81.0 Å². The van der Waals surface area contributed by atoms with E-state index in [0.29, 0.717) is 141 Å². The van der Waals surface area contributed by atoms with Crippen molar-refractivity contribution in [2.24, 2.45) is 12.8 Å². The Morgan fingerprint density at radius 3 is 1.85 bits per heavy atom. The van der Waals surface area contributed by atoms with Crippen molar-refractivity contribution < 1.29 is 85.5 Å². The van der Waals surface area contributed by atoms with Crippen LogP contribution in [0.3, 0.4) is 0 Å². The summed E-state index contributed by atoms with van der Waals surface area (Å²) in [7, 11) is 1.28. The monoisotopic (exact) mass is 1370 g/mol. The number of hydrogen-bond donors (Lipinski definition) is 10. The molecule has 1 aliphatic rings. The molecule has 2 atom stereocenters. The van der Waals surface area contributed by atoms with Crippen molar-refractivity contribution in [3.63, 3.8) is 0 Å². The summed E-state index contributed by atoms with van der Waals surface area (Å²) >= 11 is 0. The number of H-pyrrole nitrogens is 1. The molecule has 4 aromatic rings. The maximum Gasteiger partial charge on any atom is 0.373 e. The molecule has 5 rings (SSSR count). The minimum absolute atomic E-state index is 0.0766. The van der Waals surface area contributed by atoms with Crippen molar-refractivity contribution in [2.45, 2.75) is 82.3 Å². The van der Waals surface area contributed by atoms with Crippen LogP contribution in [0.2, 0.25) is 0 Å². The number of ether oxygens (including phenoxy) is 4. The molecule has 1 saturated heterocycles. The van der Waals surface area contributed by atoms with E-state index in [4.69, 9.17) is 43.9 Å². The molecule has 11 N–H and O–H groups in total. The molecule has 0 aliphatic carbocycles. The Bertz CT molecular complexity index is 3270. The van der Waals surface area contributed by atoms with Gasteiger partial charge in [-0.2, -0.15) is 23.9 Å². The Kier molecular flexibility index (Phi) is 39.1. The number of carboxylic acids is 2. The average molecular weight is 1370 g/mol. The number of imidazole rings is 1. The van der Waals surface area contributed by atoms with Crippen LogP contribution in [0.4, 0.5) is 5.95 Å². The number of nitrogens with two attached hydrogens (primary N) is 1. The summed E-state index contributed by atoms with van der Waals surface area (Å²) in [5.41, 5.74) is 6.83. The zero-order valence-electron chi connectivity index (χ0n) is 55.3. The van der Waals surface area contributed by atoms with E-state index < -0.39 is 51.9 Å². The van der Waals surface area contributed by atoms with Gasteiger partial charge >= 0.3 is 24.2 Å². The SMILES string of the molecule is Cc1cc(OCCCC(=O)NCCCOCCOCCOCCCNC(=O)[C@@H](CCCCN)NC(=O)CN2CCN(C)CCN(C)CCN(CC(=O)O)CC2)cc(C)c1S(=O)(=O)NC(CNC(=O)c1cn(C)c2cc(CNc3ncc[nH]3)ccc2c1=O)C(=O)O.O=C=O.O=C=O. The van der Waals surface area contributed by atoms with Gasteiger partial charge in [0.25, 0.3) is 5.91 Å². The van der Waals surface area contributed by atoms with Crippen molar-refractivity contribution >= 4 is 74.7 Å². The fraction of sp³-hybridized carbons (Fsp3) is 0.581. The number of pyridine rings is 1. The second kappa shape index (κ2) is 45.9. The van der Waals surface area contributed by atoms with Crippen molar-refractivity contribution in [1.29, 1.82) is 0 Å². The molecule has 1 unspecified atom stereocenters. The fourth-order valence-electron chi connectivity index (χ4n) is 9.85. The number of nitrogens with one attached hydrogen (secondary N) is 7. The Morgan fingerprint density at radius 1 is 0.708 bits per heavy atom. The minimum atomic E-state index is -4.46. The maximum atomic E-state index is 13.6. The number of carbonyl (C=O) groups is 6. The van der Waals surface area contributed by atoms with Gasteiger partial charge in [0.05, 0.1) is 56.5 Å². The molecule has 2 aromatic carbocycles. The molecule has 2 aromatic heterocycles. The summed E-state index contributed by atoms with van der Waals surface area (Å²) in [6.45, 7) is 11.8. The predicted molar refractivity (Wildman–Crippen MR) is 348 cm³/mol. The van der Waals surface area contributed by atoms with E-state index in [1.54, 1.807) is 42.2 Å². The Morgan fingerprint density at radius 2 is 1.28 bits per heavy atom. The van der Waals surface area contributed by atoms with Crippen LogP contribution in [-0.4, -0.2) is 265 Å². The largest absolute Gasteiger partial charge is 0.494 e. The molecule has 0 bridgehead atoms. The first-order chi connectivity index (χ1) is 46.0. The van der Waals surface area contributed by atoms with Gasteiger partial charge in [-0.25, -0.2) is 13.4 Å². The number of likely N-dealkylation sites (N-methyl/N-ethyl adjacent to an activating group) is 2. The highest BCUT2D eigenvalue weighted by atomic mass is 32.2. The molecule has 0 spiro atoms. The number of carbonyl (C=O) groups excluding carboxylic acids is 8. The summed E-state index contributed by atoms with van der Waals surface area (Å²) in [4.78, 5) is 137. The number of anilines is 1. The van der Waals surface area contributed by atoms with E-state index >= 15 is 0 Å². The van der Waals surface area contributed by atoms with Gasteiger partial charge in [0.2, 0.25) is 33.2 Å². The number of aromatic nitrogens is 3. The van der Waals surface area contributed by atoms with Crippen LogP contribution in [0.15, 0.2) is 58.6 Å². The smallest absolute Gasteiger partial charge is 0.373 e. The van der Waals surface area contributed by atoms with Gasteiger partial charge < -0.3 is 80.8 Å². The first-order valence-electron chi connectivity index (χ1n) is 31.4. The minimum Gasteiger partial charge on any atom is -0.494 e. The third-order valence-electron chi connectivity index (χ3n) is 14.9. The Balaban J connectivity index is 0.00000385. The van der Waals surface area contributed by atoms with Gasteiger partial charge in [0.1, 0.15) is 23.4 Å². The quantitative estimate of drug-likeness (QED) is 0.0237. The molecule has 0 saturated carbocycles. The lowest BCUT2D eigenvalue weighted by atomic mass is 10.1. The van der Waals surface area contributed by atoms with E-state index in [9.17, 15) is 52.2 Å². The van der Waals surface area contributed by atoms with Crippen LogP contribution in [0.25, 0.3) is 10.9 Å². The lowest BCUT2D eigenvalue weighted by molar-refractivity contribution is -0.193. The highest BCUT2D eigenvalue weighted by Gasteiger charge is 2.30. The Hall–Kier alpha value is -8.37. The second-order valence-electron chi connectivity index (χ2n) is 22.5. The topological polar surface area (TPSA) is 444 Å². The zero-order chi connectivity index (χ0) is 70.8. The number of aromatic amines is 1. The highest BCUT2D eigenvalue weighted by molar-refractivity contribution is 7.89. The summed E-state index contributed by atoms with van der Waals surface area (Å²) < 4.78 is 53.8. The number of aliphatic carboxylic acids is 2. The van der Waals surface area contributed by atoms with Crippen LogP contribution in [0, 0.1) is 13.8 Å². The van der Waals surface area contributed by atoms with Crippen molar-refractivity contribution in [2.75, 3.05) is 157 Å². The molecule has 4 amide bonds. The molecule has 3 heterocycles. The number of hydrogen-bond acceptors (Lipinski definition) is 24. The summed E-state index contributed by atoms with van der Waals surface area (Å²) in [5, 5.41) is 34.0. The van der Waals surface area contributed by atoms with Gasteiger partial charge in [0, 0.05) is 129 Å². The first kappa shape index (κ1) is 81.9. The van der Waals surface area contributed by atoms with E-state index in [0.717, 1.165) is 38.2 Å². The van der Waals surface area contributed by atoms with Crippen molar-refractivity contribution in [3.8, 4) is 5.75 Å². The second-order valence-corrected chi connectivity index (χ2v) is 24.1. The number of aryl methyl sites for hydroxylation is 3. The maximum absolute atomic E-state index is 13.6. The molecular formula is C62H94N14O19S. The average Bonchev–Trinajstić information content (AvgIpc) is 0.838. The van der Waals surface area contributed by atoms with Crippen LogP contribution >= 0.6 is 0 Å². The summed E-state index contributed by atoms with van der Waals surface area (Å²) in [6, 6.07) is 5.62.